The van der Waals surface area contributed by atoms with Gasteiger partial charge in [-0.25, -0.2) is 0 Å². The van der Waals surface area contributed by atoms with Gasteiger partial charge in [0.25, 0.3) is 5.91 Å². The van der Waals surface area contributed by atoms with E-state index in [4.69, 9.17) is 0 Å². The van der Waals surface area contributed by atoms with Crippen LogP contribution in [-0.4, -0.2) is 16.8 Å². The van der Waals surface area contributed by atoms with Crippen molar-refractivity contribution in [3.8, 4) is 0 Å². The zero-order chi connectivity index (χ0) is 19.8. The van der Waals surface area contributed by atoms with Crippen LogP contribution >= 0.6 is 0 Å². The molecule has 3 aromatic carbocycles. The van der Waals surface area contributed by atoms with Crippen molar-refractivity contribution in [2.24, 2.45) is 0 Å². The number of carbonyl (C=O) groups is 1. The molecule has 1 aliphatic heterocycles. The Morgan fingerprint density at radius 3 is 2.31 bits per heavy atom. The van der Waals surface area contributed by atoms with E-state index in [2.05, 4.69) is 60.8 Å². The Morgan fingerprint density at radius 2 is 1.59 bits per heavy atom. The molecular weight excluding hydrogens is 356 g/mol. The lowest BCUT2D eigenvalue weighted by Crippen LogP contribution is -2.29. The van der Waals surface area contributed by atoms with Gasteiger partial charge in [0.2, 0.25) is 0 Å². The van der Waals surface area contributed by atoms with E-state index in [-0.39, 0.29) is 5.91 Å². The third kappa shape index (κ3) is 3.58. The van der Waals surface area contributed by atoms with Gasteiger partial charge in [0.1, 0.15) is 0 Å². The quantitative estimate of drug-likeness (QED) is 0.709. The second-order valence-electron chi connectivity index (χ2n) is 8.35. The molecule has 5 rings (SSSR count). The van der Waals surface area contributed by atoms with E-state index in [0.29, 0.717) is 19.1 Å². The molecule has 0 fully saturated rings. The van der Waals surface area contributed by atoms with Gasteiger partial charge in [0, 0.05) is 31.2 Å². The van der Waals surface area contributed by atoms with E-state index in [1.165, 1.54) is 22.3 Å². The van der Waals surface area contributed by atoms with Crippen LogP contribution in [0.15, 0.2) is 66.7 Å². The Hall–Kier alpha value is -2.91. The first kappa shape index (κ1) is 18.1. The molecule has 0 bridgehead atoms. The minimum absolute atomic E-state index is 0.159. The molecule has 1 N–H and O–H groups in total. The van der Waals surface area contributed by atoms with Gasteiger partial charge in [-0.3, -0.25) is 4.79 Å². The van der Waals surface area contributed by atoms with Gasteiger partial charge in [-0.15, -0.1) is 0 Å². The van der Waals surface area contributed by atoms with Crippen molar-refractivity contribution < 1.29 is 4.79 Å². The highest BCUT2D eigenvalue weighted by Gasteiger charge is 2.29. The fourth-order valence-corrected chi connectivity index (χ4v) is 4.81. The molecule has 1 aliphatic carbocycles. The molecule has 0 spiro atoms. The lowest BCUT2D eigenvalue weighted by molar-refractivity contribution is 0.0766. The summed E-state index contributed by atoms with van der Waals surface area (Å²) in [6.45, 7) is 4.28. The average molecular weight is 383 g/mol. The topological polar surface area (TPSA) is 32.3 Å². The molecule has 1 amide bonds. The van der Waals surface area contributed by atoms with Crippen LogP contribution in [-0.2, 0) is 32.5 Å². The van der Waals surface area contributed by atoms with E-state index in [1.54, 1.807) is 0 Å². The second-order valence-corrected chi connectivity index (χ2v) is 8.35. The number of aryl methyl sites for hydroxylation is 1. The van der Waals surface area contributed by atoms with Crippen molar-refractivity contribution in [1.82, 2.24) is 10.2 Å². The number of fused-ring (bicyclic) bond motifs is 2. The van der Waals surface area contributed by atoms with Crippen molar-refractivity contribution in [2.45, 2.75) is 45.4 Å². The van der Waals surface area contributed by atoms with Gasteiger partial charge in [0.05, 0.1) is 0 Å². The van der Waals surface area contributed by atoms with Crippen LogP contribution in [0.1, 0.15) is 43.7 Å². The SMILES string of the molecule is Cc1cc(CNC2Cc3ccccc3C2)cc2c1C(=O)N(Cc1ccccc1)C2. The van der Waals surface area contributed by atoms with Gasteiger partial charge in [-0.05, 0) is 53.1 Å². The number of amides is 1. The highest BCUT2D eigenvalue weighted by atomic mass is 16.2. The first-order valence-corrected chi connectivity index (χ1v) is 10.4. The molecule has 1 heterocycles. The van der Waals surface area contributed by atoms with Crippen molar-refractivity contribution in [3.05, 3.63) is 106 Å². The molecular formula is C26H26N2O. The molecule has 146 valence electrons. The molecule has 3 aromatic rings. The molecule has 2 aliphatic rings. The molecule has 29 heavy (non-hydrogen) atoms. The third-order valence-corrected chi connectivity index (χ3v) is 6.20. The van der Waals surface area contributed by atoms with E-state index >= 15 is 0 Å². The summed E-state index contributed by atoms with van der Waals surface area (Å²) >= 11 is 0. The lowest BCUT2D eigenvalue weighted by Gasteiger charge is -2.15. The zero-order valence-corrected chi connectivity index (χ0v) is 16.8. The Balaban J connectivity index is 1.27. The summed E-state index contributed by atoms with van der Waals surface area (Å²) in [5.74, 6) is 0.159. The van der Waals surface area contributed by atoms with Crippen LogP contribution in [0.25, 0.3) is 0 Å². The number of rotatable bonds is 5. The van der Waals surface area contributed by atoms with E-state index in [9.17, 15) is 4.79 Å². The van der Waals surface area contributed by atoms with Crippen molar-refractivity contribution in [2.75, 3.05) is 0 Å². The summed E-state index contributed by atoms with van der Waals surface area (Å²) in [6.07, 6.45) is 2.20. The van der Waals surface area contributed by atoms with Gasteiger partial charge >= 0.3 is 0 Å². The highest BCUT2D eigenvalue weighted by molar-refractivity contribution is 5.99. The Labute approximate surface area is 172 Å². The van der Waals surface area contributed by atoms with Crippen LogP contribution in [0, 0.1) is 6.92 Å². The lowest BCUT2D eigenvalue weighted by atomic mass is 10.00. The summed E-state index contributed by atoms with van der Waals surface area (Å²) in [7, 11) is 0. The molecule has 0 saturated carbocycles. The van der Waals surface area contributed by atoms with Crippen LogP contribution in [0.5, 0.6) is 0 Å². The highest BCUT2D eigenvalue weighted by Crippen LogP contribution is 2.29. The van der Waals surface area contributed by atoms with E-state index in [0.717, 1.165) is 36.1 Å². The largest absolute Gasteiger partial charge is 0.330 e. The number of nitrogens with one attached hydrogen (secondary N) is 1. The first-order valence-electron chi connectivity index (χ1n) is 10.4. The third-order valence-electron chi connectivity index (χ3n) is 6.20. The van der Waals surface area contributed by atoms with Crippen LogP contribution in [0.3, 0.4) is 0 Å². The van der Waals surface area contributed by atoms with Gasteiger partial charge in [-0.2, -0.15) is 0 Å². The minimum atomic E-state index is 0.159. The van der Waals surface area contributed by atoms with Gasteiger partial charge in [-0.1, -0.05) is 66.7 Å². The van der Waals surface area contributed by atoms with Gasteiger partial charge < -0.3 is 10.2 Å². The maximum Gasteiger partial charge on any atom is 0.255 e. The van der Waals surface area contributed by atoms with Crippen LogP contribution in [0.2, 0.25) is 0 Å². The van der Waals surface area contributed by atoms with E-state index in [1.807, 2.05) is 23.1 Å². The van der Waals surface area contributed by atoms with Crippen molar-refractivity contribution >= 4 is 5.91 Å². The van der Waals surface area contributed by atoms with E-state index < -0.39 is 0 Å². The Bertz CT molecular complexity index is 1030. The van der Waals surface area contributed by atoms with Gasteiger partial charge in [0.15, 0.2) is 0 Å². The molecule has 3 heteroatoms. The standard InChI is InChI=1S/C26H26N2O/c1-18-11-20(15-27-24-13-21-9-5-6-10-22(21)14-24)12-23-17-28(26(29)25(18)23)16-19-7-3-2-4-8-19/h2-12,24,27H,13-17H2,1H3. The predicted octanol–water partition coefficient (Wildman–Crippen LogP) is 4.41. The monoisotopic (exact) mass is 382 g/mol. The summed E-state index contributed by atoms with van der Waals surface area (Å²) in [6, 6.07) is 23.9. The van der Waals surface area contributed by atoms with Crippen molar-refractivity contribution in [3.63, 3.8) is 0 Å². The summed E-state index contributed by atoms with van der Waals surface area (Å²) in [5.41, 5.74) is 8.54. The summed E-state index contributed by atoms with van der Waals surface area (Å²) in [4.78, 5) is 14.9. The van der Waals surface area contributed by atoms with Crippen molar-refractivity contribution in [1.29, 1.82) is 0 Å². The Kier molecular flexibility index (Phi) is 4.69. The maximum absolute atomic E-state index is 12.9. The fraction of sp³-hybridized carbons (Fsp3) is 0.269. The van der Waals surface area contributed by atoms with Crippen LogP contribution in [0.4, 0.5) is 0 Å². The molecule has 0 atom stereocenters. The molecule has 3 nitrogen and oxygen atoms in total. The summed E-state index contributed by atoms with van der Waals surface area (Å²) in [5, 5.41) is 3.73. The molecule has 0 radical (unpaired) electrons. The smallest absolute Gasteiger partial charge is 0.255 e. The molecule has 0 aromatic heterocycles. The number of hydrogen-bond acceptors (Lipinski definition) is 2. The number of benzene rings is 3. The zero-order valence-electron chi connectivity index (χ0n) is 16.8. The summed E-state index contributed by atoms with van der Waals surface area (Å²) < 4.78 is 0. The first-order chi connectivity index (χ1) is 14.2. The average Bonchev–Trinajstić information content (AvgIpc) is 3.28. The number of nitrogens with zero attached hydrogens (tertiary/aromatic N) is 1. The molecule has 0 saturated heterocycles. The minimum Gasteiger partial charge on any atom is -0.330 e. The normalized spacial score (nSPS) is 15.6. The number of hydrogen-bond donors (Lipinski definition) is 1. The fourth-order valence-electron chi connectivity index (χ4n) is 4.81. The Morgan fingerprint density at radius 1 is 0.897 bits per heavy atom. The molecule has 0 unspecified atom stereocenters. The maximum atomic E-state index is 12.9. The number of carbonyl (C=O) groups excluding carboxylic acids is 1. The second kappa shape index (κ2) is 7.49. The predicted molar refractivity (Wildman–Crippen MR) is 116 cm³/mol. The van der Waals surface area contributed by atoms with Crippen LogP contribution < -0.4 is 5.32 Å².